The second-order valence-electron chi connectivity index (χ2n) is 12.1. The van der Waals surface area contributed by atoms with Crippen LogP contribution in [0.4, 0.5) is 0 Å². The van der Waals surface area contributed by atoms with E-state index in [4.69, 9.17) is 2.74 Å². The number of benzene rings is 4. The first kappa shape index (κ1) is 28.8. The van der Waals surface area contributed by atoms with Gasteiger partial charge in [-0.15, -0.1) is 0 Å². The summed E-state index contributed by atoms with van der Waals surface area (Å²) >= 11 is 0. The standard InChI is InChI=1S/C40H50Si3/c1-3-27-41-29-17-31-43(32-18-30-42-28-4-2)39(35-23-13-7-14-24-35)37(33-19-9-5-10-20-33)38(34-21-11-6-12-22-34)40(43)36-25-15-8-16-26-36/h5-16,19-26H,3-4,17-18,27-32,41-42H2,1-2H3/i1T,2T. The first-order valence-corrected chi connectivity index (χ1v) is 23.0. The Hall–Kier alpha value is -2.99. The highest BCUT2D eigenvalue weighted by molar-refractivity contribution is 7.14. The maximum atomic E-state index is 7.65. The summed E-state index contributed by atoms with van der Waals surface area (Å²) in [6, 6.07) is 53.4. The van der Waals surface area contributed by atoms with Crippen molar-refractivity contribution in [3.05, 3.63) is 144 Å². The quantitative estimate of drug-likeness (QED) is 0.0866. The van der Waals surface area contributed by atoms with Crippen molar-refractivity contribution in [1.82, 2.24) is 0 Å². The van der Waals surface area contributed by atoms with Crippen LogP contribution in [0.3, 0.4) is 0 Å². The Morgan fingerprint density at radius 2 is 0.814 bits per heavy atom. The third-order valence-corrected chi connectivity index (χ3v) is 18.6. The minimum atomic E-state index is -2.27. The Morgan fingerprint density at radius 3 is 1.16 bits per heavy atom. The van der Waals surface area contributed by atoms with E-state index in [0.717, 1.165) is 12.8 Å². The zero-order valence-corrected chi connectivity index (χ0v) is 29.8. The molecule has 43 heavy (non-hydrogen) atoms. The number of hydrogen-bond acceptors (Lipinski definition) is 0. The molecular formula is C40H50Si3. The van der Waals surface area contributed by atoms with Crippen LogP contribution in [0.25, 0.3) is 21.5 Å². The fraction of sp³-hybridized carbons (Fsp3) is 0.300. The van der Waals surface area contributed by atoms with Gasteiger partial charge in [-0.05, 0) is 55.9 Å². The second-order valence-corrected chi connectivity index (χ2v) is 20.5. The molecule has 0 unspecified atom stereocenters. The van der Waals surface area contributed by atoms with E-state index in [2.05, 4.69) is 121 Å². The molecule has 4 aromatic carbocycles. The maximum Gasteiger partial charge on any atom is 0.121 e. The number of hydrogen-bond donors (Lipinski definition) is 0. The van der Waals surface area contributed by atoms with Crippen molar-refractivity contribution in [3.8, 4) is 0 Å². The molecule has 0 aliphatic carbocycles. The third-order valence-electron chi connectivity index (χ3n) is 9.16. The summed E-state index contributed by atoms with van der Waals surface area (Å²) in [6.45, 7) is 1.16. The molecule has 0 saturated heterocycles. The van der Waals surface area contributed by atoms with Crippen molar-refractivity contribution in [1.29, 1.82) is 0 Å². The molecule has 0 fully saturated rings. The van der Waals surface area contributed by atoms with Gasteiger partial charge in [-0.1, -0.05) is 185 Å². The maximum absolute atomic E-state index is 7.65. The molecule has 3 heteroatoms. The minimum Gasteiger partial charge on any atom is -0.0657 e. The molecule has 0 aromatic heterocycles. The highest BCUT2D eigenvalue weighted by Crippen LogP contribution is 2.59. The zero-order valence-electron chi connectivity index (χ0n) is 27.9. The molecule has 222 valence electrons. The van der Waals surface area contributed by atoms with E-state index in [1.807, 2.05) is 0 Å². The molecule has 0 spiro atoms. The van der Waals surface area contributed by atoms with Crippen molar-refractivity contribution in [3.63, 3.8) is 0 Å². The minimum absolute atomic E-state index is 0.125. The molecule has 0 bridgehead atoms. The topological polar surface area (TPSA) is 0 Å². The van der Waals surface area contributed by atoms with Gasteiger partial charge < -0.3 is 0 Å². The lowest BCUT2D eigenvalue weighted by Crippen LogP contribution is -2.37. The fourth-order valence-corrected chi connectivity index (χ4v) is 17.0. The van der Waals surface area contributed by atoms with Gasteiger partial charge in [0, 0.05) is 21.8 Å². The number of allylic oxidation sites excluding steroid dienone is 2. The van der Waals surface area contributed by atoms with Gasteiger partial charge in [0.25, 0.3) is 0 Å². The summed E-state index contributed by atoms with van der Waals surface area (Å²) < 4.78 is 15.3. The van der Waals surface area contributed by atoms with E-state index in [-0.39, 0.29) is 19.0 Å². The monoisotopic (exact) mass is 618 g/mol. The van der Waals surface area contributed by atoms with Crippen molar-refractivity contribution in [2.75, 3.05) is 0 Å². The molecule has 0 saturated carbocycles. The highest BCUT2D eigenvalue weighted by Gasteiger charge is 2.49. The third kappa shape index (κ3) is 7.39. The molecule has 0 nitrogen and oxygen atoms in total. The summed E-state index contributed by atoms with van der Waals surface area (Å²) in [4.78, 5) is 0. The Bertz CT molecular complexity index is 1390. The zero-order chi connectivity index (χ0) is 31.2. The highest BCUT2D eigenvalue weighted by atomic mass is 28.3. The van der Waals surface area contributed by atoms with Crippen LogP contribution in [-0.2, 0) is 0 Å². The van der Waals surface area contributed by atoms with Gasteiger partial charge in [-0.25, -0.2) is 0 Å². The van der Waals surface area contributed by atoms with Gasteiger partial charge in [0.1, 0.15) is 8.07 Å². The largest absolute Gasteiger partial charge is 0.121 e. The Labute approximate surface area is 269 Å². The number of rotatable bonds is 16. The Balaban J connectivity index is 1.76. The van der Waals surface area contributed by atoms with Crippen LogP contribution in [0.2, 0.25) is 36.3 Å². The van der Waals surface area contributed by atoms with Crippen molar-refractivity contribution < 1.29 is 2.74 Å². The van der Waals surface area contributed by atoms with Gasteiger partial charge in [-0.2, -0.15) is 0 Å². The normalized spacial score (nSPS) is 15.6. The van der Waals surface area contributed by atoms with Gasteiger partial charge in [-0.3, -0.25) is 0 Å². The van der Waals surface area contributed by atoms with Gasteiger partial charge in [0.05, 0.1) is 0 Å². The predicted octanol–water partition coefficient (Wildman–Crippen LogP) is 10.4. The SMILES string of the molecule is [3H]CCC[SiH2]CCC[Si]1(CCC[SiH2]CCC[3H])C(c2ccccc2)=C(c2ccccc2)C(c2ccccc2)=C1c1ccccc1. The molecule has 0 radical (unpaired) electrons. The van der Waals surface area contributed by atoms with Gasteiger partial charge >= 0.3 is 0 Å². The summed E-state index contributed by atoms with van der Waals surface area (Å²) in [5.41, 5.74) is 8.45. The van der Waals surface area contributed by atoms with Crippen molar-refractivity contribution in [2.45, 2.75) is 75.7 Å². The second kappa shape index (κ2) is 16.2. The smallest absolute Gasteiger partial charge is 0.0657 e. The summed E-state index contributed by atoms with van der Waals surface area (Å²) in [7, 11) is -2.52. The first-order valence-electron chi connectivity index (χ1n) is 18.0. The molecule has 5 rings (SSSR count). The molecule has 1 heterocycles. The van der Waals surface area contributed by atoms with Crippen molar-refractivity contribution in [2.24, 2.45) is 0 Å². The lowest BCUT2D eigenvalue weighted by atomic mass is 9.89. The van der Waals surface area contributed by atoms with Crippen LogP contribution in [0.5, 0.6) is 0 Å². The summed E-state index contributed by atoms with van der Waals surface area (Å²) in [5.74, 6) is 0. The van der Waals surface area contributed by atoms with Crippen LogP contribution in [0, 0.1) is 0 Å². The van der Waals surface area contributed by atoms with E-state index in [0.29, 0.717) is 13.8 Å². The van der Waals surface area contributed by atoms with Gasteiger partial charge in [0.15, 0.2) is 0 Å². The van der Waals surface area contributed by atoms with Crippen LogP contribution in [0.1, 0.15) is 64.5 Å². The molecule has 0 N–H and O–H groups in total. The predicted molar refractivity (Wildman–Crippen MR) is 201 cm³/mol. The molecule has 1 aliphatic rings. The van der Waals surface area contributed by atoms with Crippen LogP contribution in [-0.4, -0.2) is 27.1 Å². The van der Waals surface area contributed by atoms with Crippen LogP contribution < -0.4 is 0 Å². The first-order chi connectivity index (χ1) is 22.3. The fourth-order valence-electron chi connectivity index (χ4n) is 7.23. The molecular weight excluding hydrogens is 565 g/mol. The molecule has 0 amide bonds. The Kier molecular flexibility index (Phi) is 10.8. The Morgan fingerprint density at radius 1 is 0.465 bits per heavy atom. The van der Waals surface area contributed by atoms with E-state index in [1.165, 1.54) is 82.5 Å². The lowest BCUT2D eigenvalue weighted by molar-refractivity contribution is 0.972. The van der Waals surface area contributed by atoms with Crippen LogP contribution >= 0.6 is 0 Å². The van der Waals surface area contributed by atoms with E-state index in [1.54, 1.807) is 10.4 Å². The van der Waals surface area contributed by atoms with Crippen LogP contribution in [0.15, 0.2) is 121 Å². The van der Waals surface area contributed by atoms with E-state index >= 15 is 0 Å². The molecule has 1 aliphatic heterocycles. The van der Waals surface area contributed by atoms with E-state index in [9.17, 15) is 0 Å². The summed E-state index contributed by atoms with van der Waals surface area (Å²) in [5, 5.41) is 3.32. The molecule has 0 atom stereocenters. The average molecular weight is 619 g/mol. The summed E-state index contributed by atoms with van der Waals surface area (Å²) in [6.07, 6.45) is 4.78. The molecule has 4 aromatic rings. The lowest BCUT2D eigenvalue weighted by Gasteiger charge is -2.35. The van der Waals surface area contributed by atoms with Gasteiger partial charge in [0.2, 0.25) is 0 Å². The average Bonchev–Trinajstić information content (AvgIpc) is 3.40. The van der Waals surface area contributed by atoms with Crippen molar-refractivity contribution >= 4 is 48.7 Å². The van der Waals surface area contributed by atoms with E-state index < -0.39 is 8.07 Å².